The Morgan fingerprint density at radius 1 is 1.04 bits per heavy atom. The molecule has 0 unspecified atom stereocenters. The van der Waals surface area contributed by atoms with Gasteiger partial charge in [-0.3, -0.25) is 4.79 Å². The van der Waals surface area contributed by atoms with Gasteiger partial charge in [-0.15, -0.1) is 0 Å². The van der Waals surface area contributed by atoms with Gasteiger partial charge < -0.3 is 15.3 Å². The van der Waals surface area contributed by atoms with Gasteiger partial charge in [0.2, 0.25) is 0 Å². The maximum Gasteiger partial charge on any atom is 0.253 e. The molecular weight excluding hydrogens is 336 g/mol. The summed E-state index contributed by atoms with van der Waals surface area (Å²) < 4.78 is 0. The van der Waals surface area contributed by atoms with Crippen molar-refractivity contribution >= 4 is 27.8 Å². The van der Waals surface area contributed by atoms with E-state index >= 15 is 0 Å². The molecule has 0 bridgehead atoms. The number of H-pyrrole nitrogens is 2. The first kappa shape index (κ1) is 16.1. The van der Waals surface area contributed by atoms with E-state index in [0.717, 1.165) is 59.0 Å². The van der Waals surface area contributed by atoms with Gasteiger partial charge in [0.05, 0.1) is 16.6 Å². The maximum absolute atomic E-state index is 12.8. The summed E-state index contributed by atoms with van der Waals surface area (Å²) in [6, 6.07) is 16.2. The Bertz CT molecular complexity index is 1080. The smallest absolute Gasteiger partial charge is 0.253 e. The van der Waals surface area contributed by atoms with Crippen molar-refractivity contribution in [1.82, 2.24) is 20.3 Å². The van der Waals surface area contributed by atoms with E-state index in [1.807, 2.05) is 42.5 Å². The molecule has 1 saturated carbocycles. The molecule has 3 N–H and O–H groups in total. The van der Waals surface area contributed by atoms with Crippen LogP contribution in [-0.2, 0) is 0 Å². The van der Waals surface area contributed by atoms with Gasteiger partial charge in [-0.2, -0.15) is 0 Å². The highest BCUT2D eigenvalue weighted by Gasteiger charge is 2.27. The second-order valence-corrected chi connectivity index (χ2v) is 7.42. The van der Waals surface area contributed by atoms with Crippen molar-refractivity contribution in [3.05, 3.63) is 66.1 Å². The molecule has 5 rings (SSSR count). The first-order chi connectivity index (χ1) is 13.3. The van der Waals surface area contributed by atoms with Gasteiger partial charge in [0.15, 0.2) is 0 Å². The Kier molecular flexibility index (Phi) is 3.93. The molecule has 5 nitrogen and oxygen atoms in total. The number of carbonyl (C=O) groups is 1. The number of para-hydroxylation sites is 3. The van der Waals surface area contributed by atoms with Gasteiger partial charge in [-0.1, -0.05) is 36.8 Å². The molecule has 1 aliphatic rings. The molecule has 136 valence electrons. The molecule has 0 radical (unpaired) electrons. The molecular formula is C22H22N4O. The van der Waals surface area contributed by atoms with Crippen LogP contribution in [0.25, 0.3) is 21.9 Å². The number of imidazole rings is 1. The lowest BCUT2D eigenvalue weighted by molar-refractivity contribution is 0.0926. The summed E-state index contributed by atoms with van der Waals surface area (Å²) in [5.41, 5.74) is 3.80. The third-order valence-corrected chi connectivity index (χ3v) is 5.64. The zero-order valence-electron chi connectivity index (χ0n) is 15.0. The maximum atomic E-state index is 12.8. The van der Waals surface area contributed by atoms with E-state index in [0.29, 0.717) is 5.92 Å². The number of nitrogens with one attached hydrogen (secondary N) is 3. The minimum Gasteiger partial charge on any atom is -0.360 e. The normalized spacial score (nSPS) is 20.1. The second-order valence-electron chi connectivity index (χ2n) is 7.42. The number of aromatic amines is 2. The predicted octanol–water partition coefficient (Wildman–Crippen LogP) is 4.50. The minimum atomic E-state index is 0.00251. The summed E-state index contributed by atoms with van der Waals surface area (Å²) in [5, 5.41) is 4.22. The SMILES string of the molecule is O=C(N[C@@H]1CCC[C@H](c2nc3ccccc3[nH]2)C1)c1c[nH]c2ccccc12. The number of nitrogens with zero attached hydrogens (tertiary/aromatic N) is 1. The number of carbonyl (C=O) groups excluding carboxylic acids is 1. The van der Waals surface area contributed by atoms with Crippen LogP contribution in [0.5, 0.6) is 0 Å². The van der Waals surface area contributed by atoms with Gasteiger partial charge in [0.25, 0.3) is 5.91 Å². The first-order valence-electron chi connectivity index (χ1n) is 9.59. The van der Waals surface area contributed by atoms with Gasteiger partial charge in [-0.05, 0) is 37.5 Å². The number of hydrogen-bond acceptors (Lipinski definition) is 2. The van der Waals surface area contributed by atoms with Crippen LogP contribution in [0.3, 0.4) is 0 Å². The molecule has 1 amide bonds. The molecule has 5 heteroatoms. The number of hydrogen-bond donors (Lipinski definition) is 3. The van der Waals surface area contributed by atoms with E-state index < -0.39 is 0 Å². The van der Waals surface area contributed by atoms with E-state index in [1.165, 1.54) is 0 Å². The number of aromatic nitrogens is 3. The summed E-state index contributed by atoms with van der Waals surface area (Å²) in [6.45, 7) is 0. The van der Waals surface area contributed by atoms with Gasteiger partial charge in [-0.25, -0.2) is 4.98 Å². The summed E-state index contributed by atoms with van der Waals surface area (Å²) in [5.74, 6) is 1.41. The molecule has 1 fully saturated rings. The molecule has 2 atom stereocenters. The molecule has 2 heterocycles. The average molecular weight is 358 g/mol. The quantitative estimate of drug-likeness (QED) is 0.504. The third kappa shape index (κ3) is 2.99. The van der Waals surface area contributed by atoms with Crippen molar-refractivity contribution in [2.45, 2.75) is 37.6 Å². The van der Waals surface area contributed by atoms with Crippen molar-refractivity contribution < 1.29 is 4.79 Å². The topological polar surface area (TPSA) is 73.6 Å². The fourth-order valence-corrected chi connectivity index (χ4v) is 4.26. The van der Waals surface area contributed by atoms with Crippen LogP contribution in [0.1, 0.15) is 47.8 Å². The molecule has 4 aromatic rings. The van der Waals surface area contributed by atoms with Crippen molar-refractivity contribution in [1.29, 1.82) is 0 Å². The fraction of sp³-hybridized carbons (Fsp3) is 0.273. The Labute approximate surface area is 157 Å². The monoisotopic (exact) mass is 358 g/mol. The second kappa shape index (κ2) is 6.58. The molecule has 27 heavy (non-hydrogen) atoms. The molecule has 1 aliphatic carbocycles. The van der Waals surface area contributed by atoms with Gasteiger partial charge in [0, 0.05) is 29.1 Å². The zero-order valence-corrected chi connectivity index (χ0v) is 15.0. The highest BCUT2D eigenvalue weighted by atomic mass is 16.1. The highest BCUT2D eigenvalue weighted by Crippen LogP contribution is 2.32. The van der Waals surface area contributed by atoms with Crippen LogP contribution in [-0.4, -0.2) is 26.9 Å². The largest absolute Gasteiger partial charge is 0.360 e. The standard InChI is InChI=1S/C22H22N4O/c27-22(17-13-23-18-9-2-1-8-16(17)18)24-15-7-5-6-14(12-15)21-25-19-10-3-4-11-20(19)26-21/h1-4,8-11,13-15,23H,5-7,12H2,(H,24,27)(H,25,26)/t14-,15+/m0/s1. The summed E-state index contributed by atoms with van der Waals surface area (Å²) in [4.78, 5) is 24.2. The summed E-state index contributed by atoms with van der Waals surface area (Å²) in [6.07, 6.45) is 5.96. The van der Waals surface area contributed by atoms with Crippen molar-refractivity contribution in [2.24, 2.45) is 0 Å². The lowest BCUT2D eigenvalue weighted by Crippen LogP contribution is -2.38. The number of rotatable bonds is 3. The van der Waals surface area contributed by atoms with Crippen LogP contribution in [0.4, 0.5) is 0 Å². The first-order valence-corrected chi connectivity index (χ1v) is 9.59. The van der Waals surface area contributed by atoms with Crippen LogP contribution in [0, 0.1) is 0 Å². The molecule has 0 spiro atoms. The predicted molar refractivity (Wildman–Crippen MR) is 107 cm³/mol. The van der Waals surface area contributed by atoms with E-state index in [4.69, 9.17) is 4.98 Å². The van der Waals surface area contributed by atoms with Crippen LogP contribution in [0.2, 0.25) is 0 Å². The lowest BCUT2D eigenvalue weighted by Gasteiger charge is -2.28. The average Bonchev–Trinajstić information content (AvgIpc) is 3.32. The summed E-state index contributed by atoms with van der Waals surface area (Å²) in [7, 11) is 0. The molecule has 2 aromatic heterocycles. The zero-order chi connectivity index (χ0) is 18.2. The number of benzene rings is 2. The highest BCUT2D eigenvalue weighted by molar-refractivity contribution is 6.06. The fourth-order valence-electron chi connectivity index (χ4n) is 4.26. The van der Waals surface area contributed by atoms with E-state index in [-0.39, 0.29) is 11.9 Å². The van der Waals surface area contributed by atoms with Crippen LogP contribution >= 0.6 is 0 Å². The molecule has 0 saturated heterocycles. The molecule has 0 aliphatic heterocycles. The number of fused-ring (bicyclic) bond motifs is 2. The van der Waals surface area contributed by atoms with Crippen LogP contribution in [0.15, 0.2) is 54.7 Å². The van der Waals surface area contributed by atoms with E-state index in [1.54, 1.807) is 6.20 Å². The summed E-state index contributed by atoms with van der Waals surface area (Å²) >= 11 is 0. The Hall–Kier alpha value is -3.08. The lowest BCUT2D eigenvalue weighted by atomic mass is 9.85. The minimum absolute atomic E-state index is 0.00251. The number of amides is 1. The van der Waals surface area contributed by atoms with Crippen molar-refractivity contribution in [3.63, 3.8) is 0 Å². The Morgan fingerprint density at radius 3 is 2.74 bits per heavy atom. The van der Waals surface area contributed by atoms with E-state index in [2.05, 4.69) is 21.4 Å². The molecule has 2 aromatic carbocycles. The van der Waals surface area contributed by atoms with Gasteiger partial charge >= 0.3 is 0 Å². The Morgan fingerprint density at radius 2 is 1.85 bits per heavy atom. The third-order valence-electron chi connectivity index (χ3n) is 5.64. The van der Waals surface area contributed by atoms with Crippen molar-refractivity contribution in [2.75, 3.05) is 0 Å². The van der Waals surface area contributed by atoms with Crippen molar-refractivity contribution in [3.8, 4) is 0 Å². The van der Waals surface area contributed by atoms with Crippen LogP contribution < -0.4 is 5.32 Å². The Balaban J connectivity index is 1.33. The van der Waals surface area contributed by atoms with E-state index in [9.17, 15) is 4.79 Å². The van der Waals surface area contributed by atoms with Gasteiger partial charge in [0.1, 0.15) is 5.82 Å².